The summed E-state index contributed by atoms with van der Waals surface area (Å²) in [6, 6.07) is 13.9. The van der Waals surface area contributed by atoms with Crippen LogP contribution in [0.1, 0.15) is 12.5 Å². The molecule has 0 radical (unpaired) electrons. The minimum Gasteiger partial charge on any atom is -0.458 e. The van der Waals surface area contributed by atoms with E-state index in [4.69, 9.17) is 14.2 Å². The zero-order valence-corrected chi connectivity index (χ0v) is 13.3. The van der Waals surface area contributed by atoms with Gasteiger partial charge in [0.1, 0.15) is 12.4 Å². The first-order chi connectivity index (χ1) is 12.0. The lowest BCUT2D eigenvalue weighted by atomic mass is 10.2. The standard InChI is InChI=1S/C17H15NO7/c1-12(16(19)23-11-13-5-3-2-4-6-13)24-17(20)25-15-9-7-14(8-10-15)18(21)22/h2-10,12H,11H2,1H3/t12-/m0/s1. The molecule has 2 rings (SSSR count). The van der Waals surface area contributed by atoms with E-state index in [9.17, 15) is 19.7 Å². The van der Waals surface area contributed by atoms with Crippen LogP contribution in [0.2, 0.25) is 0 Å². The second-order valence-corrected chi connectivity index (χ2v) is 4.96. The van der Waals surface area contributed by atoms with Gasteiger partial charge in [0, 0.05) is 12.1 Å². The minimum absolute atomic E-state index is 0.0560. The molecule has 2 aromatic carbocycles. The van der Waals surface area contributed by atoms with Crippen molar-refractivity contribution in [2.24, 2.45) is 0 Å². The highest BCUT2D eigenvalue weighted by Crippen LogP contribution is 2.18. The predicted octanol–water partition coefficient (Wildman–Crippen LogP) is 3.24. The largest absolute Gasteiger partial charge is 0.514 e. The molecule has 0 saturated heterocycles. The number of nitro groups is 1. The highest BCUT2D eigenvalue weighted by Gasteiger charge is 2.21. The molecule has 0 spiro atoms. The summed E-state index contributed by atoms with van der Waals surface area (Å²) in [7, 11) is 0. The Hall–Kier alpha value is -3.42. The number of hydrogen-bond donors (Lipinski definition) is 0. The van der Waals surface area contributed by atoms with Gasteiger partial charge in [-0.05, 0) is 24.6 Å². The van der Waals surface area contributed by atoms with Crippen LogP contribution < -0.4 is 4.74 Å². The maximum atomic E-state index is 11.8. The Kier molecular flexibility index (Phi) is 6.05. The van der Waals surface area contributed by atoms with E-state index in [1.807, 2.05) is 18.2 Å². The Balaban J connectivity index is 1.80. The first-order valence-electron chi connectivity index (χ1n) is 7.29. The molecular weight excluding hydrogens is 330 g/mol. The van der Waals surface area contributed by atoms with E-state index in [1.54, 1.807) is 12.1 Å². The first-order valence-corrected chi connectivity index (χ1v) is 7.29. The van der Waals surface area contributed by atoms with Crippen molar-refractivity contribution in [1.82, 2.24) is 0 Å². The Labute approximate surface area is 143 Å². The van der Waals surface area contributed by atoms with Gasteiger partial charge in [-0.3, -0.25) is 10.1 Å². The third kappa shape index (κ3) is 5.61. The first kappa shape index (κ1) is 17.9. The maximum Gasteiger partial charge on any atom is 0.514 e. The number of esters is 1. The lowest BCUT2D eigenvalue weighted by Crippen LogP contribution is -2.27. The van der Waals surface area contributed by atoms with E-state index >= 15 is 0 Å². The van der Waals surface area contributed by atoms with E-state index in [0.29, 0.717) is 0 Å². The minimum atomic E-state index is -1.16. The summed E-state index contributed by atoms with van der Waals surface area (Å²) < 4.78 is 14.7. The van der Waals surface area contributed by atoms with Crippen LogP contribution in [0.25, 0.3) is 0 Å². The fourth-order valence-corrected chi connectivity index (χ4v) is 1.79. The van der Waals surface area contributed by atoms with E-state index in [-0.39, 0.29) is 18.0 Å². The summed E-state index contributed by atoms with van der Waals surface area (Å²) >= 11 is 0. The summed E-state index contributed by atoms with van der Waals surface area (Å²) in [5, 5.41) is 10.5. The molecule has 0 aliphatic heterocycles. The van der Waals surface area contributed by atoms with Gasteiger partial charge in [-0.15, -0.1) is 0 Å². The van der Waals surface area contributed by atoms with Crippen LogP contribution in [0.15, 0.2) is 54.6 Å². The van der Waals surface area contributed by atoms with Gasteiger partial charge in [0.15, 0.2) is 6.10 Å². The quantitative estimate of drug-likeness (QED) is 0.342. The van der Waals surface area contributed by atoms with Gasteiger partial charge in [-0.25, -0.2) is 9.59 Å². The van der Waals surface area contributed by atoms with Crippen LogP contribution in [0.3, 0.4) is 0 Å². The van der Waals surface area contributed by atoms with Crippen molar-refractivity contribution in [3.63, 3.8) is 0 Å². The molecule has 130 valence electrons. The van der Waals surface area contributed by atoms with E-state index in [0.717, 1.165) is 5.56 Å². The molecule has 0 heterocycles. The lowest BCUT2D eigenvalue weighted by molar-refractivity contribution is -0.384. The number of rotatable bonds is 6. The highest BCUT2D eigenvalue weighted by molar-refractivity contribution is 5.77. The molecule has 8 nitrogen and oxygen atoms in total. The molecule has 0 unspecified atom stereocenters. The second kappa shape index (κ2) is 8.44. The number of non-ortho nitro benzene ring substituents is 1. The van der Waals surface area contributed by atoms with Crippen molar-refractivity contribution in [2.75, 3.05) is 0 Å². The third-order valence-corrected chi connectivity index (χ3v) is 3.08. The smallest absolute Gasteiger partial charge is 0.458 e. The van der Waals surface area contributed by atoms with Crippen LogP contribution >= 0.6 is 0 Å². The van der Waals surface area contributed by atoms with Crippen molar-refractivity contribution in [1.29, 1.82) is 0 Å². The molecule has 8 heteroatoms. The van der Waals surface area contributed by atoms with Gasteiger partial charge in [0.2, 0.25) is 0 Å². The Morgan fingerprint density at radius 2 is 1.72 bits per heavy atom. The highest BCUT2D eigenvalue weighted by atomic mass is 16.7. The van der Waals surface area contributed by atoms with Crippen molar-refractivity contribution in [3.8, 4) is 5.75 Å². The zero-order valence-electron chi connectivity index (χ0n) is 13.3. The predicted molar refractivity (Wildman–Crippen MR) is 85.9 cm³/mol. The molecule has 0 saturated carbocycles. The molecular formula is C17H15NO7. The van der Waals surface area contributed by atoms with Crippen LogP contribution in [0.4, 0.5) is 10.5 Å². The van der Waals surface area contributed by atoms with Crippen LogP contribution in [-0.4, -0.2) is 23.2 Å². The van der Waals surface area contributed by atoms with Crippen molar-refractivity contribution in [2.45, 2.75) is 19.6 Å². The molecule has 2 aromatic rings. The SMILES string of the molecule is C[C@H](OC(=O)Oc1ccc([N+](=O)[O-])cc1)C(=O)OCc1ccccc1. The number of carbonyl (C=O) groups is 2. The normalized spacial score (nSPS) is 11.2. The number of nitro benzene ring substituents is 1. The maximum absolute atomic E-state index is 11.8. The fraction of sp³-hybridized carbons (Fsp3) is 0.176. The van der Waals surface area contributed by atoms with Gasteiger partial charge >= 0.3 is 12.1 Å². The Morgan fingerprint density at radius 1 is 1.08 bits per heavy atom. The van der Waals surface area contributed by atoms with Crippen LogP contribution in [0.5, 0.6) is 5.75 Å². The van der Waals surface area contributed by atoms with Gasteiger partial charge in [0.25, 0.3) is 5.69 Å². The molecule has 0 bridgehead atoms. The molecule has 0 amide bonds. The Morgan fingerprint density at radius 3 is 2.32 bits per heavy atom. The van der Waals surface area contributed by atoms with Gasteiger partial charge in [0.05, 0.1) is 4.92 Å². The summed E-state index contributed by atoms with van der Waals surface area (Å²) in [6.07, 6.45) is -2.27. The summed E-state index contributed by atoms with van der Waals surface area (Å²) in [5.41, 5.74) is 0.662. The molecule has 0 aromatic heterocycles. The molecule has 0 aliphatic carbocycles. The lowest BCUT2D eigenvalue weighted by Gasteiger charge is -2.12. The van der Waals surface area contributed by atoms with Gasteiger partial charge < -0.3 is 14.2 Å². The third-order valence-electron chi connectivity index (χ3n) is 3.08. The van der Waals surface area contributed by atoms with Gasteiger partial charge in [-0.2, -0.15) is 0 Å². The molecule has 0 N–H and O–H groups in total. The number of carbonyl (C=O) groups excluding carboxylic acids is 2. The average molecular weight is 345 g/mol. The number of nitrogens with zero attached hydrogens (tertiary/aromatic N) is 1. The van der Waals surface area contributed by atoms with E-state index in [2.05, 4.69) is 0 Å². The van der Waals surface area contributed by atoms with Crippen molar-refractivity contribution >= 4 is 17.8 Å². The van der Waals surface area contributed by atoms with E-state index < -0.39 is 23.2 Å². The number of ether oxygens (including phenoxy) is 3. The Bertz CT molecular complexity index is 743. The van der Waals surface area contributed by atoms with Crippen LogP contribution in [-0.2, 0) is 20.9 Å². The number of hydrogen-bond acceptors (Lipinski definition) is 7. The molecule has 25 heavy (non-hydrogen) atoms. The zero-order chi connectivity index (χ0) is 18.2. The second-order valence-electron chi connectivity index (χ2n) is 4.96. The average Bonchev–Trinajstić information content (AvgIpc) is 2.60. The van der Waals surface area contributed by atoms with Gasteiger partial charge in [-0.1, -0.05) is 30.3 Å². The number of benzene rings is 2. The molecule has 0 fully saturated rings. The van der Waals surface area contributed by atoms with Crippen LogP contribution in [0, 0.1) is 10.1 Å². The molecule has 1 atom stereocenters. The van der Waals surface area contributed by atoms with E-state index in [1.165, 1.54) is 31.2 Å². The van der Waals surface area contributed by atoms with Crippen molar-refractivity contribution < 1.29 is 28.7 Å². The van der Waals surface area contributed by atoms with Crippen molar-refractivity contribution in [3.05, 3.63) is 70.3 Å². The molecule has 0 aliphatic rings. The summed E-state index contributed by atoms with van der Waals surface area (Å²) in [4.78, 5) is 33.4. The monoisotopic (exact) mass is 345 g/mol. The summed E-state index contributed by atoms with van der Waals surface area (Å²) in [5.74, 6) is -0.662. The summed E-state index contributed by atoms with van der Waals surface area (Å²) in [6.45, 7) is 1.41. The topological polar surface area (TPSA) is 105 Å². The fourth-order valence-electron chi connectivity index (χ4n) is 1.79.